The number of rotatable bonds is 8. The SMILES string of the molecule is CN(CCCC(=O)NC1(C(=O)O)CCC1)S(=O)(=O)c1ccc(F)cc1. The Labute approximate surface area is 145 Å². The van der Waals surface area contributed by atoms with Crippen molar-refractivity contribution in [1.29, 1.82) is 0 Å². The third-order valence-corrected chi connectivity index (χ3v) is 6.26. The molecule has 1 aromatic rings. The van der Waals surface area contributed by atoms with Gasteiger partial charge in [0.05, 0.1) is 4.90 Å². The molecule has 25 heavy (non-hydrogen) atoms. The summed E-state index contributed by atoms with van der Waals surface area (Å²) in [4.78, 5) is 23.1. The molecule has 1 aliphatic carbocycles. The fraction of sp³-hybridized carbons (Fsp3) is 0.500. The summed E-state index contributed by atoms with van der Waals surface area (Å²) in [5.41, 5.74) is -1.16. The lowest BCUT2D eigenvalue weighted by Crippen LogP contribution is -2.59. The third-order valence-electron chi connectivity index (χ3n) is 4.39. The first-order chi connectivity index (χ1) is 11.7. The van der Waals surface area contributed by atoms with Gasteiger partial charge in [-0.25, -0.2) is 21.9 Å². The van der Waals surface area contributed by atoms with Crippen molar-refractivity contribution in [2.45, 2.75) is 42.5 Å². The quantitative estimate of drug-likeness (QED) is 0.717. The van der Waals surface area contributed by atoms with Gasteiger partial charge in [0.1, 0.15) is 11.4 Å². The van der Waals surface area contributed by atoms with Gasteiger partial charge in [-0.3, -0.25) is 4.79 Å². The lowest BCUT2D eigenvalue weighted by Gasteiger charge is -2.38. The van der Waals surface area contributed by atoms with E-state index in [9.17, 15) is 22.4 Å². The zero-order valence-corrected chi connectivity index (χ0v) is 14.7. The first-order valence-corrected chi connectivity index (χ1v) is 9.38. The van der Waals surface area contributed by atoms with E-state index in [2.05, 4.69) is 5.32 Å². The molecule has 1 saturated carbocycles. The number of halogens is 1. The van der Waals surface area contributed by atoms with E-state index in [1.807, 2.05) is 0 Å². The van der Waals surface area contributed by atoms with E-state index in [0.29, 0.717) is 12.8 Å². The van der Waals surface area contributed by atoms with Crippen LogP contribution in [0, 0.1) is 5.82 Å². The zero-order chi connectivity index (χ0) is 18.7. The second kappa shape index (κ2) is 7.49. The maximum Gasteiger partial charge on any atom is 0.329 e. The van der Waals surface area contributed by atoms with Gasteiger partial charge in [0.25, 0.3) is 0 Å². The van der Waals surface area contributed by atoms with Crippen molar-refractivity contribution in [2.24, 2.45) is 0 Å². The number of aliphatic carboxylic acids is 1. The van der Waals surface area contributed by atoms with Crippen LogP contribution in [-0.2, 0) is 19.6 Å². The van der Waals surface area contributed by atoms with Gasteiger partial charge < -0.3 is 10.4 Å². The number of carbonyl (C=O) groups excluding carboxylic acids is 1. The van der Waals surface area contributed by atoms with Crippen molar-refractivity contribution >= 4 is 21.9 Å². The number of nitrogens with one attached hydrogen (secondary N) is 1. The van der Waals surface area contributed by atoms with E-state index in [-0.39, 0.29) is 24.3 Å². The molecule has 0 heterocycles. The van der Waals surface area contributed by atoms with Crippen LogP contribution in [0.3, 0.4) is 0 Å². The van der Waals surface area contributed by atoms with Crippen molar-refractivity contribution in [3.05, 3.63) is 30.1 Å². The monoisotopic (exact) mass is 372 g/mol. The second-order valence-electron chi connectivity index (χ2n) is 6.17. The Morgan fingerprint density at radius 3 is 2.36 bits per heavy atom. The molecule has 0 spiro atoms. The molecule has 0 saturated heterocycles. The molecule has 2 N–H and O–H groups in total. The molecule has 0 radical (unpaired) electrons. The first kappa shape index (κ1) is 19.3. The summed E-state index contributed by atoms with van der Waals surface area (Å²) in [7, 11) is -2.38. The summed E-state index contributed by atoms with van der Waals surface area (Å²) in [6, 6.07) is 4.50. The molecule has 0 unspecified atom stereocenters. The summed E-state index contributed by atoms with van der Waals surface area (Å²) in [5.74, 6) is -1.97. The van der Waals surface area contributed by atoms with E-state index in [1.165, 1.54) is 19.2 Å². The largest absolute Gasteiger partial charge is 0.480 e. The molecule has 0 aromatic heterocycles. The molecule has 1 fully saturated rings. The molecule has 0 aliphatic heterocycles. The number of amides is 1. The average molecular weight is 372 g/mol. The molecule has 1 aromatic carbocycles. The number of carboxylic acid groups (broad SMARTS) is 1. The molecule has 0 bridgehead atoms. The Morgan fingerprint density at radius 2 is 1.88 bits per heavy atom. The molecule has 2 rings (SSSR count). The first-order valence-electron chi connectivity index (χ1n) is 7.94. The Morgan fingerprint density at radius 1 is 1.28 bits per heavy atom. The predicted molar refractivity (Wildman–Crippen MR) is 87.8 cm³/mol. The minimum Gasteiger partial charge on any atom is -0.480 e. The number of hydrogen-bond acceptors (Lipinski definition) is 4. The molecule has 9 heteroatoms. The fourth-order valence-corrected chi connectivity index (χ4v) is 3.83. The van der Waals surface area contributed by atoms with Crippen molar-refractivity contribution in [3.63, 3.8) is 0 Å². The zero-order valence-electron chi connectivity index (χ0n) is 13.9. The van der Waals surface area contributed by atoms with Crippen LogP contribution in [0.4, 0.5) is 4.39 Å². The molecule has 138 valence electrons. The summed E-state index contributed by atoms with van der Waals surface area (Å²) in [6.07, 6.45) is 1.85. The highest BCUT2D eigenvalue weighted by atomic mass is 32.2. The molecule has 1 aliphatic rings. The number of carboxylic acids is 1. The van der Waals surface area contributed by atoms with Crippen molar-refractivity contribution in [2.75, 3.05) is 13.6 Å². The van der Waals surface area contributed by atoms with Crippen molar-refractivity contribution in [1.82, 2.24) is 9.62 Å². The summed E-state index contributed by atoms with van der Waals surface area (Å²) < 4.78 is 38.6. The number of nitrogens with zero attached hydrogens (tertiary/aromatic N) is 1. The van der Waals surface area contributed by atoms with Crippen LogP contribution in [-0.4, -0.2) is 48.8 Å². The lowest BCUT2D eigenvalue weighted by atomic mass is 9.76. The molecular weight excluding hydrogens is 351 g/mol. The highest BCUT2D eigenvalue weighted by molar-refractivity contribution is 7.89. The Balaban J connectivity index is 1.85. The van der Waals surface area contributed by atoms with E-state index in [1.54, 1.807) is 0 Å². The van der Waals surface area contributed by atoms with Crippen LogP contribution in [0.25, 0.3) is 0 Å². The Kier molecular flexibility index (Phi) is 5.79. The van der Waals surface area contributed by atoms with Gasteiger partial charge in [-0.05, 0) is 49.9 Å². The van der Waals surface area contributed by atoms with E-state index < -0.39 is 33.3 Å². The normalized spacial score (nSPS) is 16.3. The van der Waals surface area contributed by atoms with Crippen LogP contribution < -0.4 is 5.32 Å². The molecule has 1 amide bonds. The van der Waals surface area contributed by atoms with Gasteiger partial charge in [0.15, 0.2) is 0 Å². The maximum absolute atomic E-state index is 12.9. The smallest absolute Gasteiger partial charge is 0.329 e. The average Bonchev–Trinajstić information content (AvgIpc) is 2.50. The summed E-state index contributed by atoms with van der Waals surface area (Å²) in [6.45, 7) is 0.0905. The standard InChI is InChI=1S/C16H21FN2O5S/c1-19(25(23,24)13-7-5-12(17)6-8-13)11-2-4-14(20)18-16(15(21)22)9-3-10-16/h5-8H,2-4,9-11H2,1H3,(H,18,20)(H,21,22). The van der Waals surface area contributed by atoms with Crippen LogP contribution in [0.2, 0.25) is 0 Å². The fourth-order valence-electron chi connectivity index (χ4n) is 2.62. The Bertz CT molecular complexity index is 744. The maximum atomic E-state index is 12.9. The van der Waals surface area contributed by atoms with Gasteiger partial charge in [0.2, 0.25) is 15.9 Å². The summed E-state index contributed by atoms with van der Waals surface area (Å²) >= 11 is 0. The third kappa shape index (κ3) is 4.35. The van der Waals surface area contributed by atoms with E-state index in [4.69, 9.17) is 5.11 Å². The van der Waals surface area contributed by atoms with Crippen molar-refractivity contribution in [3.8, 4) is 0 Å². The van der Waals surface area contributed by atoms with E-state index >= 15 is 0 Å². The molecule has 0 atom stereocenters. The van der Waals surface area contributed by atoms with Gasteiger partial charge in [-0.2, -0.15) is 0 Å². The topological polar surface area (TPSA) is 104 Å². The van der Waals surface area contributed by atoms with Gasteiger partial charge >= 0.3 is 5.97 Å². The van der Waals surface area contributed by atoms with Crippen LogP contribution >= 0.6 is 0 Å². The molecule has 7 nitrogen and oxygen atoms in total. The van der Waals surface area contributed by atoms with Crippen molar-refractivity contribution < 1.29 is 27.5 Å². The van der Waals surface area contributed by atoms with Crippen LogP contribution in [0.5, 0.6) is 0 Å². The van der Waals surface area contributed by atoms with Crippen LogP contribution in [0.1, 0.15) is 32.1 Å². The van der Waals surface area contributed by atoms with Crippen LogP contribution in [0.15, 0.2) is 29.2 Å². The minimum atomic E-state index is -3.75. The minimum absolute atomic E-state index is 0.0261. The predicted octanol–water partition coefficient (Wildman–Crippen LogP) is 1.35. The van der Waals surface area contributed by atoms with Gasteiger partial charge in [-0.1, -0.05) is 0 Å². The number of benzene rings is 1. The number of hydrogen-bond donors (Lipinski definition) is 2. The highest BCUT2D eigenvalue weighted by Gasteiger charge is 2.45. The van der Waals surface area contributed by atoms with E-state index in [0.717, 1.165) is 22.9 Å². The summed E-state index contributed by atoms with van der Waals surface area (Å²) in [5, 5.41) is 11.7. The van der Waals surface area contributed by atoms with Gasteiger partial charge in [-0.15, -0.1) is 0 Å². The molecular formula is C16H21FN2O5S. The lowest BCUT2D eigenvalue weighted by molar-refractivity contribution is -0.151. The number of carbonyl (C=O) groups is 2. The second-order valence-corrected chi connectivity index (χ2v) is 8.22. The number of sulfonamides is 1. The Hall–Kier alpha value is -2.00. The highest BCUT2D eigenvalue weighted by Crippen LogP contribution is 2.32. The van der Waals surface area contributed by atoms with Gasteiger partial charge in [0, 0.05) is 20.0 Å².